The number of anilines is 1. The van der Waals surface area contributed by atoms with Crippen molar-refractivity contribution < 1.29 is 23.1 Å². The lowest BCUT2D eigenvalue weighted by molar-refractivity contribution is 0.149. The SMILES string of the molecule is O=C(NCCCn1ccnc1)OCCN(c1cc(Cl)ccc1CO)S(=O)(=O)c1ccc(Cl)cc1. The Labute approximate surface area is 207 Å². The summed E-state index contributed by atoms with van der Waals surface area (Å²) in [5.74, 6) is 0. The molecular formula is C22H24Cl2N4O5S. The smallest absolute Gasteiger partial charge is 0.407 e. The highest BCUT2D eigenvalue weighted by Gasteiger charge is 2.27. The Kier molecular flexibility index (Phi) is 9.17. The molecule has 0 saturated heterocycles. The second kappa shape index (κ2) is 12.1. The van der Waals surface area contributed by atoms with Crippen LogP contribution in [0.15, 0.2) is 66.1 Å². The van der Waals surface area contributed by atoms with Crippen LogP contribution >= 0.6 is 23.2 Å². The van der Waals surface area contributed by atoms with Crippen molar-refractivity contribution in [3.8, 4) is 0 Å². The van der Waals surface area contributed by atoms with E-state index in [0.29, 0.717) is 35.1 Å². The molecule has 2 aromatic carbocycles. The maximum atomic E-state index is 13.4. The summed E-state index contributed by atoms with van der Waals surface area (Å²) in [5, 5.41) is 13.1. The van der Waals surface area contributed by atoms with E-state index in [9.17, 15) is 18.3 Å². The Morgan fingerprint density at radius 2 is 1.88 bits per heavy atom. The number of rotatable bonds is 11. The Balaban J connectivity index is 1.69. The fraction of sp³-hybridized carbons (Fsp3) is 0.273. The molecule has 0 bridgehead atoms. The Bertz CT molecular complexity index is 1190. The van der Waals surface area contributed by atoms with Crippen molar-refractivity contribution in [1.29, 1.82) is 0 Å². The number of nitrogens with zero attached hydrogens (tertiary/aromatic N) is 3. The van der Waals surface area contributed by atoms with Gasteiger partial charge in [0.1, 0.15) is 6.61 Å². The lowest BCUT2D eigenvalue weighted by Crippen LogP contribution is -2.36. The molecule has 1 heterocycles. The van der Waals surface area contributed by atoms with Crippen LogP contribution in [0.2, 0.25) is 10.0 Å². The van der Waals surface area contributed by atoms with Crippen LogP contribution in [-0.4, -0.2) is 48.9 Å². The largest absolute Gasteiger partial charge is 0.448 e. The Morgan fingerprint density at radius 1 is 1.15 bits per heavy atom. The minimum atomic E-state index is -4.08. The molecule has 0 unspecified atom stereocenters. The number of aromatic nitrogens is 2. The number of hydrogen-bond acceptors (Lipinski definition) is 6. The molecule has 0 atom stereocenters. The normalized spacial score (nSPS) is 11.3. The van der Waals surface area contributed by atoms with E-state index in [1.165, 1.54) is 36.4 Å². The molecule has 34 heavy (non-hydrogen) atoms. The molecule has 0 spiro atoms. The molecule has 0 aliphatic rings. The monoisotopic (exact) mass is 526 g/mol. The molecule has 0 radical (unpaired) electrons. The van der Waals surface area contributed by atoms with Crippen molar-refractivity contribution >= 4 is 45.0 Å². The molecule has 182 valence electrons. The molecule has 1 aromatic heterocycles. The minimum Gasteiger partial charge on any atom is -0.448 e. The van der Waals surface area contributed by atoms with E-state index in [1.807, 2.05) is 10.8 Å². The van der Waals surface area contributed by atoms with Crippen molar-refractivity contribution in [3.63, 3.8) is 0 Å². The predicted octanol–water partition coefficient (Wildman–Crippen LogP) is 3.69. The molecule has 2 N–H and O–H groups in total. The zero-order valence-electron chi connectivity index (χ0n) is 18.1. The zero-order valence-corrected chi connectivity index (χ0v) is 20.4. The topological polar surface area (TPSA) is 114 Å². The Hall–Kier alpha value is -2.79. The summed E-state index contributed by atoms with van der Waals surface area (Å²) in [4.78, 5) is 16.0. The van der Waals surface area contributed by atoms with Crippen LogP contribution in [0.5, 0.6) is 0 Å². The zero-order chi connectivity index (χ0) is 24.6. The molecule has 0 aliphatic heterocycles. The second-order valence-electron chi connectivity index (χ2n) is 7.18. The fourth-order valence-corrected chi connectivity index (χ4v) is 4.92. The number of aryl methyl sites for hydroxylation is 1. The minimum absolute atomic E-state index is 0.00952. The highest BCUT2D eigenvalue weighted by atomic mass is 35.5. The van der Waals surface area contributed by atoms with Crippen molar-refractivity contribution in [2.24, 2.45) is 0 Å². The van der Waals surface area contributed by atoms with Crippen LogP contribution in [0, 0.1) is 0 Å². The van der Waals surface area contributed by atoms with Crippen LogP contribution < -0.4 is 9.62 Å². The first-order chi connectivity index (χ1) is 16.3. The van der Waals surface area contributed by atoms with Gasteiger partial charge in [-0.25, -0.2) is 18.2 Å². The number of halogens is 2. The summed E-state index contributed by atoms with van der Waals surface area (Å²) in [6, 6.07) is 10.2. The third kappa shape index (κ3) is 6.86. The summed E-state index contributed by atoms with van der Waals surface area (Å²) in [5.41, 5.74) is 0.542. The molecule has 0 fully saturated rings. The van der Waals surface area contributed by atoms with Crippen molar-refractivity contribution in [2.75, 3.05) is 24.0 Å². The quantitative estimate of drug-likeness (QED) is 0.368. The van der Waals surface area contributed by atoms with E-state index in [1.54, 1.807) is 18.6 Å². The number of hydrogen-bond donors (Lipinski definition) is 2. The number of alkyl carbamates (subject to hydrolysis) is 1. The summed E-state index contributed by atoms with van der Waals surface area (Å²) < 4.78 is 35.0. The molecule has 3 rings (SSSR count). The van der Waals surface area contributed by atoms with E-state index in [-0.39, 0.29) is 23.7 Å². The molecular weight excluding hydrogens is 503 g/mol. The number of sulfonamides is 1. The third-order valence-corrected chi connectivity index (χ3v) is 7.15. The van der Waals surface area contributed by atoms with E-state index in [2.05, 4.69) is 10.3 Å². The van der Waals surface area contributed by atoms with Gasteiger partial charge in [-0.3, -0.25) is 4.31 Å². The predicted molar refractivity (Wildman–Crippen MR) is 130 cm³/mol. The second-order valence-corrected chi connectivity index (χ2v) is 9.91. The molecule has 9 nitrogen and oxygen atoms in total. The van der Waals surface area contributed by atoms with Crippen LogP contribution in [0.1, 0.15) is 12.0 Å². The average Bonchev–Trinajstić information content (AvgIpc) is 3.33. The van der Waals surface area contributed by atoms with Gasteiger partial charge in [0.25, 0.3) is 10.0 Å². The van der Waals surface area contributed by atoms with Gasteiger partial charge in [0.2, 0.25) is 0 Å². The third-order valence-electron chi connectivity index (χ3n) is 4.84. The van der Waals surface area contributed by atoms with Gasteiger partial charge in [-0.1, -0.05) is 29.3 Å². The summed E-state index contributed by atoms with van der Waals surface area (Å²) in [7, 11) is -4.08. The average molecular weight is 527 g/mol. The van der Waals surface area contributed by atoms with Crippen LogP contribution in [0.3, 0.4) is 0 Å². The number of benzene rings is 2. The first kappa shape index (κ1) is 25.8. The molecule has 0 aliphatic carbocycles. The maximum absolute atomic E-state index is 13.4. The van der Waals surface area contributed by atoms with Gasteiger partial charge in [0.05, 0.1) is 30.1 Å². The van der Waals surface area contributed by atoms with E-state index < -0.39 is 22.7 Å². The number of amides is 1. The van der Waals surface area contributed by atoms with Crippen LogP contribution in [-0.2, 0) is 27.9 Å². The molecule has 12 heteroatoms. The first-order valence-electron chi connectivity index (χ1n) is 10.3. The molecule has 3 aromatic rings. The van der Waals surface area contributed by atoms with Gasteiger partial charge < -0.3 is 19.7 Å². The van der Waals surface area contributed by atoms with Crippen molar-refractivity contribution in [1.82, 2.24) is 14.9 Å². The van der Waals surface area contributed by atoms with Gasteiger partial charge in [-0.15, -0.1) is 0 Å². The van der Waals surface area contributed by atoms with E-state index in [4.69, 9.17) is 27.9 Å². The summed E-state index contributed by atoms with van der Waals surface area (Å²) >= 11 is 12.0. The highest BCUT2D eigenvalue weighted by molar-refractivity contribution is 7.92. The maximum Gasteiger partial charge on any atom is 0.407 e. The van der Waals surface area contributed by atoms with Crippen molar-refractivity contribution in [2.45, 2.75) is 24.5 Å². The molecule has 1 amide bonds. The van der Waals surface area contributed by atoms with E-state index >= 15 is 0 Å². The number of nitrogens with one attached hydrogen (secondary N) is 1. The lowest BCUT2D eigenvalue weighted by Gasteiger charge is -2.26. The van der Waals surface area contributed by atoms with Gasteiger partial charge in [-0.05, 0) is 42.8 Å². The van der Waals surface area contributed by atoms with Crippen molar-refractivity contribution in [3.05, 3.63) is 76.8 Å². The lowest BCUT2D eigenvalue weighted by atomic mass is 10.2. The number of imidazole rings is 1. The van der Waals surface area contributed by atoms with Gasteiger partial charge in [0, 0.05) is 41.1 Å². The van der Waals surface area contributed by atoms with Crippen LogP contribution in [0.4, 0.5) is 10.5 Å². The van der Waals surface area contributed by atoms with Gasteiger partial charge >= 0.3 is 6.09 Å². The Morgan fingerprint density at radius 3 is 2.56 bits per heavy atom. The molecule has 0 saturated carbocycles. The van der Waals surface area contributed by atoms with Crippen LogP contribution in [0.25, 0.3) is 0 Å². The van der Waals surface area contributed by atoms with Gasteiger partial charge in [-0.2, -0.15) is 0 Å². The highest BCUT2D eigenvalue weighted by Crippen LogP contribution is 2.30. The number of aliphatic hydroxyl groups excluding tert-OH is 1. The number of aliphatic hydroxyl groups is 1. The summed E-state index contributed by atoms with van der Waals surface area (Å²) in [6.07, 6.45) is 5.19. The number of carbonyl (C=O) groups is 1. The summed E-state index contributed by atoms with van der Waals surface area (Å²) in [6.45, 7) is 0.245. The fourth-order valence-electron chi connectivity index (χ4n) is 3.15. The van der Waals surface area contributed by atoms with E-state index in [0.717, 1.165) is 4.31 Å². The first-order valence-corrected chi connectivity index (χ1v) is 12.5. The van der Waals surface area contributed by atoms with Gasteiger partial charge in [0.15, 0.2) is 0 Å². The number of carbonyl (C=O) groups excluding carboxylic acids is 1. The standard InChI is InChI=1S/C22H24Cl2N4O5S/c23-18-4-6-20(7-5-18)34(31,32)28(21-14-19(24)3-2-17(21)15-29)12-13-33-22(30)26-8-1-10-27-11-9-25-16-27/h2-7,9,11,14,16,29H,1,8,10,12-13,15H2,(H,26,30). The number of ether oxygens (including phenoxy) is 1.